The second-order valence-corrected chi connectivity index (χ2v) is 7.53. The minimum atomic E-state index is -0.652. The first-order chi connectivity index (χ1) is 13.4. The van der Waals surface area contributed by atoms with Gasteiger partial charge in [-0.1, -0.05) is 35.3 Å². The first-order valence-electron chi connectivity index (χ1n) is 8.77. The topological polar surface area (TPSA) is 75.7 Å². The highest BCUT2D eigenvalue weighted by Crippen LogP contribution is 2.34. The van der Waals surface area contributed by atoms with Crippen molar-refractivity contribution in [1.82, 2.24) is 10.2 Å². The van der Waals surface area contributed by atoms with Crippen molar-refractivity contribution in [1.29, 1.82) is 0 Å². The summed E-state index contributed by atoms with van der Waals surface area (Å²) in [5.41, 5.74) is 2.09. The van der Waals surface area contributed by atoms with E-state index in [-0.39, 0.29) is 31.4 Å². The molecular formula is C20H16Cl2N2O4. The van der Waals surface area contributed by atoms with E-state index < -0.39 is 11.9 Å². The van der Waals surface area contributed by atoms with Crippen LogP contribution in [-0.2, 0) is 22.7 Å². The summed E-state index contributed by atoms with van der Waals surface area (Å²) in [6.45, 7) is 0.526. The third kappa shape index (κ3) is 3.45. The standard InChI is InChI=1S/C20H16Cl2N2O4/c21-14-5-4-11(8-15(14)22)10-28-17-3-1-2-12-13(17)9-24(20(12)27)16-6-7-18(25)23-19(16)26/h1-5,8,16H,6-7,9-10H2,(H,23,25,26). The van der Waals surface area contributed by atoms with Crippen LogP contribution in [0.5, 0.6) is 5.75 Å². The van der Waals surface area contributed by atoms with E-state index in [1.165, 1.54) is 4.90 Å². The minimum absolute atomic E-state index is 0.219. The molecule has 0 bridgehead atoms. The fourth-order valence-electron chi connectivity index (χ4n) is 3.48. The summed E-state index contributed by atoms with van der Waals surface area (Å²) < 4.78 is 5.92. The van der Waals surface area contributed by atoms with Crippen LogP contribution in [0.25, 0.3) is 0 Å². The van der Waals surface area contributed by atoms with Crippen LogP contribution in [0.3, 0.4) is 0 Å². The molecule has 2 aromatic carbocycles. The zero-order chi connectivity index (χ0) is 19.8. The Balaban J connectivity index is 1.53. The summed E-state index contributed by atoms with van der Waals surface area (Å²) in [6.07, 6.45) is 0.543. The number of imide groups is 1. The number of nitrogens with zero attached hydrogens (tertiary/aromatic N) is 1. The van der Waals surface area contributed by atoms with Gasteiger partial charge in [-0.3, -0.25) is 19.7 Å². The van der Waals surface area contributed by atoms with Crippen molar-refractivity contribution < 1.29 is 19.1 Å². The second kappa shape index (κ2) is 7.45. The molecule has 0 spiro atoms. The van der Waals surface area contributed by atoms with Crippen molar-refractivity contribution in [2.24, 2.45) is 0 Å². The Kier molecular flexibility index (Phi) is 5.00. The van der Waals surface area contributed by atoms with Crippen LogP contribution in [0.2, 0.25) is 10.0 Å². The lowest BCUT2D eigenvalue weighted by molar-refractivity contribution is -0.136. The molecule has 2 aliphatic rings. The van der Waals surface area contributed by atoms with Crippen molar-refractivity contribution in [3.8, 4) is 5.75 Å². The van der Waals surface area contributed by atoms with Gasteiger partial charge in [0.25, 0.3) is 5.91 Å². The normalized spacial score (nSPS) is 18.9. The van der Waals surface area contributed by atoms with E-state index in [0.29, 0.717) is 27.8 Å². The average molecular weight is 419 g/mol. The predicted molar refractivity (Wildman–Crippen MR) is 103 cm³/mol. The van der Waals surface area contributed by atoms with E-state index in [0.717, 1.165) is 11.1 Å². The van der Waals surface area contributed by atoms with Crippen molar-refractivity contribution >= 4 is 40.9 Å². The van der Waals surface area contributed by atoms with Gasteiger partial charge in [0.15, 0.2) is 0 Å². The third-order valence-electron chi connectivity index (χ3n) is 4.92. The smallest absolute Gasteiger partial charge is 0.255 e. The summed E-state index contributed by atoms with van der Waals surface area (Å²) in [5, 5.41) is 3.21. The molecule has 4 rings (SSSR count). The lowest BCUT2D eigenvalue weighted by Crippen LogP contribution is -2.52. The molecule has 2 heterocycles. The van der Waals surface area contributed by atoms with Gasteiger partial charge in [0.1, 0.15) is 18.4 Å². The number of fused-ring (bicyclic) bond motifs is 1. The summed E-state index contributed by atoms with van der Waals surface area (Å²) in [4.78, 5) is 37.8. The number of rotatable bonds is 4. The molecule has 144 valence electrons. The van der Waals surface area contributed by atoms with Gasteiger partial charge in [-0.15, -0.1) is 0 Å². The summed E-state index contributed by atoms with van der Waals surface area (Å²) in [5.74, 6) is -0.400. The molecule has 0 saturated carbocycles. The third-order valence-corrected chi connectivity index (χ3v) is 5.66. The first-order valence-corrected chi connectivity index (χ1v) is 9.53. The van der Waals surface area contributed by atoms with E-state index in [1.54, 1.807) is 30.3 Å². The number of halogens is 2. The summed E-state index contributed by atoms with van der Waals surface area (Å²) in [6, 6.07) is 9.85. The predicted octanol–water partition coefficient (Wildman–Crippen LogP) is 3.33. The van der Waals surface area contributed by atoms with Crippen LogP contribution >= 0.6 is 23.2 Å². The van der Waals surface area contributed by atoms with Crippen molar-refractivity contribution in [2.75, 3.05) is 0 Å². The molecule has 6 nitrogen and oxygen atoms in total. The molecule has 0 radical (unpaired) electrons. The number of ether oxygens (including phenoxy) is 1. The average Bonchev–Trinajstić information content (AvgIpc) is 3.00. The Bertz CT molecular complexity index is 992. The molecule has 0 aromatic heterocycles. The fraction of sp³-hybridized carbons (Fsp3) is 0.250. The Morgan fingerprint density at radius 3 is 2.68 bits per heavy atom. The van der Waals surface area contributed by atoms with E-state index >= 15 is 0 Å². The highest BCUT2D eigenvalue weighted by Gasteiger charge is 2.40. The zero-order valence-corrected chi connectivity index (χ0v) is 16.2. The number of piperidine rings is 1. The molecule has 8 heteroatoms. The number of benzene rings is 2. The first kappa shape index (κ1) is 18.8. The van der Waals surface area contributed by atoms with E-state index in [4.69, 9.17) is 27.9 Å². The molecule has 1 N–H and O–H groups in total. The van der Waals surface area contributed by atoms with Gasteiger partial charge in [0.2, 0.25) is 11.8 Å². The number of hydrogen-bond acceptors (Lipinski definition) is 4. The highest BCUT2D eigenvalue weighted by molar-refractivity contribution is 6.42. The number of amides is 3. The molecular weight excluding hydrogens is 403 g/mol. The maximum Gasteiger partial charge on any atom is 0.255 e. The lowest BCUT2D eigenvalue weighted by atomic mass is 10.0. The van der Waals surface area contributed by atoms with Gasteiger partial charge in [0, 0.05) is 17.5 Å². The van der Waals surface area contributed by atoms with Crippen LogP contribution in [-0.4, -0.2) is 28.7 Å². The number of carbonyl (C=O) groups excluding carboxylic acids is 3. The molecule has 2 aromatic rings. The lowest BCUT2D eigenvalue weighted by Gasteiger charge is -2.29. The maximum atomic E-state index is 12.8. The number of nitrogens with one attached hydrogen (secondary N) is 1. The van der Waals surface area contributed by atoms with Crippen LogP contribution in [0.15, 0.2) is 36.4 Å². The van der Waals surface area contributed by atoms with Crippen molar-refractivity contribution in [2.45, 2.75) is 32.0 Å². The minimum Gasteiger partial charge on any atom is -0.489 e. The van der Waals surface area contributed by atoms with Gasteiger partial charge >= 0.3 is 0 Å². The maximum absolute atomic E-state index is 12.8. The second-order valence-electron chi connectivity index (χ2n) is 6.72. The van der Waals surface area contributed by atoms with Crippen LogP contribution in [0.4, 0.5) is 0 Å². The summed E-state index contributed by atoms with van der Waals surface area (Å²) in [7, 11) is 0. The van der Waals surface area contributed by atoms with Crippen molar-refractivity contribution in [3.63, 3.8) is 0 Å². The number of carbonyl (C=O) groups is 3. The Labute approximate surface area is 171 Å². The SMILES string of the molecule is O=C1CCC(N2Cc3c(OCc4ccc(Cl)c(Cl)c4)cccc3C2=O)C(=O)N1. The molecule has 3 amide bonds. The zero-order valence-electron chi connectivity index (χ0n) is 14.7. The van der Waals surface area contributed by atoms with E-state index in [9.17, 15) is 14.4 Å². The monoisotopic (exact) mass is 418 g/mol. The van der Waals surface area contributed by atoms with Gasteiger partial charge in [-0.2, -0.15) is 0 Å². The molecule has 2 aliphatic heterocycles. The van der Waals surface area contributed by atoms with E-state index in [2.05, 4.69) is 5.32 Å². The quantitative estimate of drug-likeness (QED) is 0.772. The van der Waals surface area contributed by atoms with Crippen LogP contribution < -0.4 is 10.1 Å². The Morgan fingerprint density at radius 1 is 1.11 bits per heavy atom. The van der Waals surface area contributed by atoms with Gasteiger partial charge in [-0.05, 0) is 36.2 Å². The van der Waals surface area contributed by atoms with Gasteiger partial charge in [0.05, 0.1) is 16.6 Å². The van der Waals surface area contributed by atoms with E-state index in [1.807, 2.05) is 6.07 Å². The fourth-order valence-corrected chi connectivity index (χ4v) is 3.80. The molecule has 1 unspecified atom stereocenters. The Morgan fingerprint density at radius 2 is 1.93 bits per heavy atom. The molecule has 0 aliphatic carbocycles. The molecule has 1 atom stereocenters. The largest absolute Gasteiger partial charge is 0.489 e. The summed E-state index contributed by atoms with van der Waals surface area (Å²) >= 11 is 12.0. The molecule has 28 heavy (non-hydrogen) atoms. The van der Waals surface area contributed by atoms with Crippen LogP contribution in [0, 0.1) is 0 Å². The van der Waals surface area contributed by atoms with Crippen LogP contribution in [0.1, 0.15) is 34.3 Å². The highest BCUT2D eigenvalue weighted by atomic mass is 35.5. The van der Waals surface area contributed by atoms with Crippen molar-refractivity contribution in [3.05, 3.63) is 63.1 Å². The number of hydrogen-bond donors (Lipinski definition) is 1. The van der Waals surface area contributed by atoms with Gasteiger partial charge in [-0.25, -0.2) is 0 Å². The molecule has 1 saturated heterocycles. The molecule has 1 fully saturated rings. The van der Waals surface area contributed by atoms with Gasteiger partial charge < -0.3 is 9.64 Å². The Hall–Kier alpha value is -2.57.